The molecule has 0 bridgehead atoms. The molecule has 1 aliphatic carbocycles. The van der Waals surface area contributed by atoms with Crippen LogP contribution in [0, 0.1) is 12.8 Å². The predicted octanol–water partition coefficient (Wildman–Crippen LogP) is 4.66. The summed E-state index contributed by atoms with van der Waals surface area (Å²) in [5, 5.41) is 0. The average Bonchev–Trinajstić information content (AvgIpc) is 3.18. The van der Waals surface area contributed by atoms with Gasteiger partial charge in [0.15, 0.2) is 0 Å². The van der Waals surface area contributed by atoms with Crippen LogP contribution < -0.4 is 0 Å². The summed E-state index contributed by atoms with van der Waals surface area (Å²) in [7, 11) is -5.50. The third kappa shape index (κ3) is 5.35. The van der Waals surface area contributed by atoms with Gasteiger partial charge in [-0.1, -0.05) is 56.3 Å². The van der Waals surface area contributed by atoms with Crippen molar-refractivity contribution >= 4 is 24.6 Å². The Morgan fingerprint density at radius 2 is 1.91 bits per heavy atom. The van der Waals surface area contributed by atoms with E-state index in [0.29, 0.717) is 24.4 Å². The molecule has 1 saturated carbocycles. The van der Waals surface area contributed by atoms with Gasteiger partial charge in [0.05, 0.1) is 25.6 Å². The lowest BCUT2D eigenvalue weighted by Crippen LogP contribution is -2.46. The highest BCUT2D eigenvalue weighted by molar-refractivity contribution is 7.89. The van der Waals surface area contributed by atoms with E-state index in [1.54, 1.807) is 16.4 Å². The minimum absolute atomic E-state index is 0.0328. The summed E-state index contributed by atoms with van der Waals surface area (Å²) in [4.78, 5) is 11.5. The van der Waals surface area contributed by atoms with E-state index in [9.17, 15) is 13.2 Å². The number of aryl methyl sites for hydroxylation is 1. The minimum Gasteiger partial charge on any atom is -0.464 e. The van der Waals surface area contributed by atoms with Crippen LogP contribution in [-0.4, -0.2) is 51.9 Å². The van der Waals surface area contributed by atoms with E-state index >= 15 is 0 Å². The van der Waals surface area contributed by atoms with E-state index < -0.39 is 24.3 Å². The van der Waals surface area contributed by atoms with Crippen LogP contribution >= 0.6 is 0 Å². The monoisotopic (exact) mass is 479 g/mol. The fourth-order valence-electron chi connectivity index (χ4n) is 4.67. The standard InChI is InChI=1S/C24H37NO5SSi/c1-6-20-16-29-24(25(20)31(27,28)21-13-11-18(2)12-14-21)22-10-8-7-9-19(22)15-23(30-17-26)32(3,4)5/h11-15,17,20,22-24H,6-10,16H2,1-5H3/t20-,22-,23+,24-/m1/s1. The molecule has 178 valence electrons. The maximum absolute atomic E-state index is 13.7. The molecule has 2 fully saturated rings. The van der Waals surface area contributed by atoms with Crippen LogP contribution in [0.4, 0.5) is 0 Å². The highest BCUT2D eigenvalue weighted by Crippen LogP contribution is 2.41. The highest BCUT2D eigenvalue weighted by Gasteiger charge is 2.47. The number of ether oxygens (including phenoxy) is 2. The van der Waals surface area contributed by atoms with Gasteiger partial charge in [-0.2, -0.15) is 4.31 Å². The van der Waals surface area contributed by atoms with Crippen LogP contribution in [0.1, 0.15) is 44.6 Å². The normalized spacial score (nSPS) is 27.4. The van der Waals surface area contributed by atoms with Gasteiger partial charge in [0.25, 0.3) is 6.47 Å². The maximum atomic E-state index is 13.7. The van der Waals surface area contributed by atoms with Crippen LogP contribution in [0.5, 0.6) is 0 Å². The molecule has 6 nitrogen and oxygen atoms in total. The molecule has 1 aromatic rings. The molecule has 0 aromatic heterocycles. The number of sulfonamides is 1. The van der Waals surface area contributed by atoms with Crippen LogP contribution in [0.2, 0.25) is 19.6 Å². The van der Waals surface area contributed by atoms with Crippen LogP contribution in [0.15, 0.2) is 40.8 Å². The molecular weight excluding hydrogens is 442 g/mol. The van der Waals surface area contributed by atoms with Crippen molar-refractivity contribution in [2.75, 3.05) is 6.61 Å². The van der Waals surface area contributed by atoms with Crippen molar-refractivity contribution in [2.24, 2.45) is 5.92 Å². The Hall–Kier alpha value is -1.48. The Bertz CT molecular complexity index is 923. The van der Waals surface area contributed by atoms with Gasteiger partial charge in [0.2, 0.25) is 10.0 Å². The molecule has 1 aromatic carbocycles. The van der Waals surface area contributed by atoms with Crippen molar-refractivity contribution < 1.29 is 22.7 Å². The summed E-state index contributed by atoms with van der Waals surface area (Å²) in [5.74, 6) is -0.0328. The second-order valence-corrected chi connectivity index (χ2v) is 17.2. The second kappa shape index (κ2) is 10.2. The molecule has 32 heavy (non-hydrogen) atoms. The largest absolute Gasteiger partial charge is 0.464 e. The molecule has 1 heterocycles. The molecule has 2 aliphatic rings. The van der Waals surface area contributed by atoms with Gasteiger partial charge in [-0.3, -0.25) is 4.79 Å². The first-order valence-corrected chi connectivity index (χ1v) is 16.6. The number of carbonyl (C=O) groups is 1. The first-order valence-electron chi connectivity index (χ1n) is 11.6. The maximum Gasteiger partial charge on any atom is 0.293 e. The van der Waals surface area contributed by atoms with E-state index in [0.717, 1.165) is 36.8 Å². The third-order valence-corrected chi connectivity index (χ3v) is 10.5. The van der Waals surface area contributed by atoms with Gasteiger partial charge in [-0.05, 0) is 50.8 Å². The SMILES string of the molecule is CC[C@@H]1CO[C@H]([C@@H]2CCCCC2=C[C@@H](OC=O)[Si](C)(C)C)N1S(=O)(=O)c1ccc(C)cc1. The van der Waals surface area contributed by atoms with Crippen molar-refractivity contribution in [3.8, 4) is 0 Å². The van der Waals surface area contributed by atoms with Crippen molar-refractivity contribution in [1.82, 2.24) is 4.31 Å². The first-order chi connectivity index (χ1) is 15.1. The minimum atomic E-state index is -3.70. The summed E-state index contributed by atoms with van der Waals surface area (Å²) in [6.07, 6.45) is 6.09. The predicted molar refractivity (Wildman–Crippen MR) is 128 cm³/mol. The van der Waals surface area contributed by atoms with Crippen LogP contribution in [0.3, 0.4) is 0 Å². The van der Waals surface area contributed by atoms with Crippen LogP contribution in [-0.2, 0) is 24.3 Å². The van der Waals surface area contributed by atoms with Gasteiger partial charge in [-0.25, -0.2) is 8.42 Å². The number of hydrogen-bond acceptors (Lipinski definition) is 5. The Morgan fingerprint density at radius 1 is 1.22 bits per heavy atom. The number of benzene rings is 1. The Labute approximate surface area is 194 Å². The lowest BCUT2D eigenvalue weighted by molar-refractivity contribution is -0.129. The van der Waals surface area contributed by atoms with Gasteiger partial charge < -0.3 is 9.47 Å². The highest BCUT2D eigenvalue weighted by atomic mass is 32.2. The van der Waals surface area contributed by atoms with Gasteiger partial charge in [-0.15, -0.1) is 0 Å². The zero-order valence-electron chi connectivity index (χ0n) is 19.9. The summed E-state index contributed by atoms with van der Waals surface area (Å²) in [5.41, 5.74) is 1.95. The summed E-state index contributed by atoms with van der Waals surface area (Å²) in [6.45, 7) is 11.4. The van der Waals surface area contributed by atoms with Gasteiger partial charge in [0, 0.05) is 5.92 Å². The summed E-state index contributed by atoms with van der Waals surface area (Å²) in [6, 6.07) is 6.85. The van der Waals surface area contributed by atoms with Crippen LogP contribution in [0.25, 0.3) is 0 Å². The van der Waals surface area contributed by atoms with E-state index in [-0.39, 0.29) is 17.7 Å². The van der Waals surface area contributed by atoms with Crippen molar-refractivity contribution in [3.05, 3.63) is 41.5 Å². The van der Waals surface area contributed by atoms with E-state index in [2.05, 4.69) is 25.7 Å². The van der Waals surface area contributed by atoms with Gasteiger partial charge in [0.1, 0.15) is 12.0 Å². The molecule has 3 rings (SSSR count). The summed E-state index contributed by atoms with van der Waals surface area (Å²) < 4.78 is 40.7. The molecule has 1 aliphatic heterocycles. The average molecular weight is 480 g/mol. The lowest BCUT2D eigenvalue weighted by atomic mass is 9.82. The fourth-order valence-corrected chi connectivity index (χ4v) is 7.65. The molecular formula is C24H37NO5SSi. The number of carbonyl (C=O) groups excluding carboxylic acids is 1. The first kappa shape index (κ1) is 25.1. The third-order valence-electron chi connectivity index (χ3n) is 6.61. The molecule has 0 N–H and O–H groups in total. The van der Waals surface area contributed by atoms with Gasteiger partial charge >= 0.3 is 0 Å². The quantitative estimate of drug-likeness (QED) is 0.308. The molecule has 0 radical (unpaired) electrons. The molecule has 8 heteroatoms. The Kier molecular flexibility index (Phi) is 8.01. The van der Waals surface area contributed by atoms with Crippen molar-refractivity contribution in [1.29, 1.82) is 0 Å². The Balaban J connectivity index is 1.99. The molecule has 0 spiro atoms. The molecule has 1 saturated heterocycles. The summed E-state index contributed by atoms with van der Waals surface area (Å²) >= 11 is 0. The molecule has 4 atom stereocenters. The number of rotatable bonds is 8. The zero-order chi connectivity index (χ0) is 23.5. The lowest BCUT2D eigenvalue weighted by Gasteiger charge is -2.37. The van der Waals surface area contributed by atoms with Crippen molar-refractivity contribution in [2.45, 2.75) is 88.5 Å². The number of hydrogen-bond donors (Lipinski definition) is 0. The van der Waals surface area contributed by atoms with E-state index in [1.807, 2.05) is 26.0 Å². The zero-order valence-corrected chi connectivity index (χ0v) is 21.7. The Morgan fingerprint density at radius 3 is 2.50 bits per heavy atom. The topological polar surface area (TPSA) is 72.9 Å². The van der Waals surface area contributed by atoms with E-state index in [4.69, 9.17) is 9.47 Å². The molecule has 0 amide bonds. The van der Waals surface area contributed by atoms with Crippen molar-refractivity contribution in [3.63, 3.8) is 0 Å². The smallest absolute Gasteiger partial charge is 0.293 e. The second-order valence-electron chi connectivity index (χ2n) is 10.0. The van der Waals surface area contributed by atoms with E-state index in [1.165, 1.54) is 0 Å². The molecule has 0 unspecified atom stereocenters. The fraction of sp³-hybridized carbons (Fsp3) is 0.625. The number of nitrogens with zero attached hydrogens (tertiary/aromatic N) is 1.